The van der Waals surface area contributed by atoms with E-state index in [2.05, 4.69) is 5.32 Å². The molecular weight excluding hydrogens is 435 g/mol. The molecule has 0 saturated carbocycles. The van der Waals surface area contributed by atoms with Gasteiger partial charge < -0.3 is 14.8 Å². The molecular formula is C17H13Cl3N2O4S. The lowest BCUT2D eigenvalue weighted by molar-refractivity contribution is -0.118. The monoisotopic (exact) mass is 446 g/mol. The first kappa shape index (κ1) is 21.3. The third kappa shape index (κ3) is 5.05. The van der Waals surface area contributed by atoms with Crippen LogP contribution in [0.5, 0.6) is 5.75 Å². The van der Waals surface area contributed by atoms with Gasteiger partial charge in [0.05, 0.1) is 27.2 Å². The summed E-state index contributed by atoms with van der Waals surface area (Å²) >= 11 is 18.7. The smallest absolute Gasteiger partial charge is 0.348 e. The molecule has 0 radical (unpaired) electrons. The fraction of sp³-hybridized carbons (Fsp3) is 0.235. The number of anilines is 1. The number of nitrogens with one attached hydrogen (secondary N) is 1. The van der Waals surface area contributed by atoms with Crippen molar-refractivity contribution in [2.24, 2.45) is 0 Å². The quantitative estimate of drug-likeness (QED) is 0.492. The van der Waals surface area contributed by atoms with Crippen LogP contribution in [0.1, 0.15) is 27.7 Å². The van der Waals surface area contributed by atoms with Crippen LogP contribution in [0.3, 0.4) is 0 Å². The van der Waals surface area contributed by atoms with Crippen molar-refractivity contribution in [3.63, 3.8) is 0 Å². The molecule has 0 unspecified atom stereocenters. The molecule has 1 amide bonds. The zero-order valence-corrected chi connectivity index (χ0v) is 17.3. The number of carbonyl (C=O) groups is 2. The van der Waals surface area contributed by atoms with Gasteiger partial charge in [-0.3, -0.25) is 4.79 Å². The Morgan fingerprint density at radius 2 is 1.89 bits per heavy atom. The summed E-state index contributed by atoms with van der Waals surface area (Å²) in [4.78, 5) is 24.4. The summed E-state index contributed by atoms with van der Waals surface area (Å²) in [6.07, 6.45) is 0. The zero-order valence-electron chi connectivity index (χ0n) is 14.2. The van der Waals surface area contributed by atoms with Gasteiger partial charge in [0.15, 0.2) is 6.61 Å². The third-order valence-electron chi connectivity index (χ3n) is 3.31. The van der Waals surface area contributed by atoms with Crippen LogP contribution >= 0.6 is 46.1 Å². The number of hydrogen-bond donors (Lipinski definition) is 1. The summed E-state index contributed by atoms with van der Waals surface area (Å²) < 4.78 is 10.3. The number of rotatable bonds is 6. The van der Waals surface area contributed by atoms with E-state index >= 15 is 0 Å². The van der Waals surface area contributed by atoms with Crippen molar-refractivity contribution < 1.29 is 19.1 Å². The van der Waals surface area contributed by atoms with Crippen LogP contribution in [0.25, 0.3) is 0 Å². The van der Waals surface area contributed by atoms with E-state index in [0.717, 1.165) is 11.3 Å². The van der Waals surface area contributed by atoms with Gasteiger partial charge in [-0.15, -0.1) is 11.3 Å². The molecule has 2 rings (SSSR count). The summed E-state index contributed by atoms with van der Waals surface area (Å²) in [5.41, 5.74) is 0.647. The highest BCUT2D eigenvalue weighted by Gasteiger charge is 2.22. The van der Waals surface area contributed by atoms with E-state index < -0.39 is 11.9 Å². The number of ether oxygens (including phenoxy) is 2. The molecule has 6 nitrogen and oxygen atoms in total. The average molecular weight is 448 g/mol. The van der Waals surface area contributed by atoms with Crippen molar-refractivity contribution in [2.75, 3.05) is 18.5 Å². The van der Waals surface area contributed by atoms with Crippen LogP contribution in [0, 0.1) is 18.3 Å². The lowest BCUT2D eigenvalue weighted by Crippen LogP contribution is -2.20. The van der Waals surface area contributed by atoms with Gasteiger partial charge in [0.2, 0.25) is 0 Å². The molecule has 1 heterocycles. The summed E-state index contributed by atoms with van der Waals surface area (Å²) in [7, 11) is 0. The minimum absolute atomic E-state index is 0.191. The van der Waals surface area contributed by atoms with E-state index in [-0.39, 0.29) is 49.5 Å². The highest BCUT2D eigenvalue weighted by atomic mass is 35.5. The van der Waals surface area contributed by atoms with E-state index in [1.165, 1.54) is 12.1 Å². The van der Waals surface area contributed by atoms with Gasteiger partial charge in [-0.1, -0.05) is 34.8 Å². The second-order valence-corrected chi connectivity index (χ2v) is 7.37. The Hall–Kier alpha value is -1.98. The number of amides is 1. The molecule has 1 N–H and O–H groups in total. The molecule has 1 aromatic carbocycles. The molecule has 0 aliphatic carbocycles. The lowest BCUT2D eigenvalue weighted by Gasteiger charge is -2.09. The molecule has 27 heavy (non-hydrogen) atoms. The van der Waals surface area contributed by atoms with Gasteiger partial charge in [-0.05, 0) is 25.5 Å². The van der Waals surface area contributed by atoms with Crippen molar-refractivity contribution in [3.05, 3.63) is 43.2 Å². The Kier molecular flexibility index (Phi) is 7.33. The zero-order chi connectivity index (χ0) is 20.1. The normalized spacial score (nSPS) is 10.2. The van der Waals surface area contributed by atoms with E-state index in [9.17, 15) is 14.9 Å². The maximum Gasteiger partial charge on any atom is 0.348 e. The first-order chi connectivity index (χ1) is 12.8. The molecule has 1 aromatic heterocycles. The Bertz CT molecular complexity index is 937. The number of hydrogen-bond acceptors (Lipinski definition) is 6. The number of carbonyl (C=O) groups excluding carboxylic acids is 2. The van der Waals surface area contributed by atoms with E-state index in [0.29, 0.717) is 5.56 Å². The number of thiophene rings is 1. The highest BCUT2D eigenvalue weighted by molar-refractivity contribution is 7.18. The van der Waals surface area contributed by atoms with Crippen molar-refractivity contribution in [1.82, 2.24) is 0 Å². The molecule has 0 atom stereocenters. The maximum absolute atomic E-state index is 12.2. The van der Waals surface area contributed by atoms with Gasteiger partial charge in [0.1, 0.15) is 21.7 Å². The van der Waals surface area contributed by atoms with Crippen molar-refractivity contribution in [1.29, 1.82) is 5.26 Å². The topological polar surface area (TPSA) is 88.4 Å². The van der Waals surface area contributed by atoms with E-state index in [1.54, 1.807) is 13.8 Å². The third-order valence-corrected chi connectivity index (χ3v) is 5.51. The highest BCUT2D eigenvalue weighted by Crippen LogP contribution is 2.35. The minimum atomic E-state index is -0.546. The van der Waals surface area contributed by atoms with Crippen LogP contribution in [-0.4, -0.2) is 25.1 Å². The van der Waals surface area contributed by atoms with Crippen molar-refractivity contribution >= 4 is 63.0 Å². The Morgan fingerprint density at radius 1 is 1.22 bits per heavy atom. The number of esters is 1. The molecule has 0 bridgehead atoms. The molecule has 142 valence electrons. The summed E-state index contributed by atoms with van der Waals surface area (Å²) in [6.45, 7) is 3.12. The number of halogens is 3. The number of benzene rings is 1. The fourth-order valence-electron chi connectivity index (χ4n) is 2.05. The van der Waals surface area contributed by atoms with E-state index in [4.69, 9.17) is 44.3 Å². The van der Waals surface area contributed by atoms with Gasteiger partial charge in [0.25, 0.3) is 5.91 Å². The minimum Gasteiger partial charge on any atom is -0.482 e. The maximum atomic E-state index is 12.2. The Morgan fingerprint density at radius 3 is 2.52 bits per heavy atom. The van der Waals surface area contributed by atoms with Crippen LogP contribution < -0.4 is 10.1 Å². The van der Waals surface area contributed by atoms with Crippen molar-refractivity contribution in [3.8, 4) is 11.8 Å². The van der Waals surface area contributed by atoms with Crippen LogP contribution in [-0.2, 0) is 9.53 Å². The number of nitriles is 1. The van der Waals surface area contributed by atoms with Crippen LogP contribution in [0.15, 0.2) is 12.1 Å². The molecule has 0 spiro atoms. The Labute approximate surface area is 174 Å². The molecule has 2 aromatic rings. The first-order valence-corrected chi connectivity index (χ1v) is 9.51. The van der Waals surface area contributed by atoms with Crippen LogP contribution in [0.4, 0.5) is 5.00 Å². The van der Waals surface area contributed by atoms with Gasteiger partial charge in [-0.25, -0.2) is 4.79 Å². The SMILES string of the molecule is CCOC(=O)c1sc(NC(=O)COc2cc(Cl)c(Cl)cc2Cl)c(C#N)c1C. The van der Waals surface area contributed by atoms with Gasteiger partial charge in [0, 0.05) is 6.07 Å². The fourth-order valence-corrected chi connectivity index (χ4v) is 3.71. The second kappa shape index (κ2) is 9.29. The lowest BCUT2D eigenvalue weighted by atomic mass is 10.2. The van der Waals surface area contributed by atoms with Gasteiger partial charge in [-0.2, -0.15) is 5.26 Å². The number of nitrogens with zero attached hydrogens (tertiary/aromatic N) is 1. The summed E-state index contributed by atoms with van der Waals surface area (Å²) in [6, 6.07) is 4.78. The molecule has 0 fully saturated rings. The first-order valence-electron chi connectivity index (χ1n) is 7.56. The van der Waals surface area contributed by atoms with Gasteiger partial charge >= 0.3 is 5.97 Å². The standard InChI is InChI=1S/C17H13Cl3N2O4S/c1-3-25-17(24)15-8(2)9(6-21)16(27-15)22-14(23)7-26-13-5-11(19)10(18)4-12(13)20/h4-5H,3,7H2,1-2H3,(H,22,23). The molecule has 10 heteroatoms. The average Bonchev–Trinajstić information content (AvgIpc) is 2.92. The second-order valence-electron chi connectivity index (χ2n) is 5.13. The van der Waals surface area contributed by atoms with Crippen LogP contribution in [0.2, 0.25) is 15.1 Å². The van der Waals surface area contributed by atoms with E-state index in [1.807, 2.05) is 6.07 Å². The summed E-state index contributed by atoms with van der Waals surface area (Å²) in [5, 5.41) is 12.8. The molecule has 0 saturated heterocycles. The summed E-state index contributed by atoms with van der Waals surface area (Å²) in [5.74, 6) is -0.891. The van der Waals surface area contributed by atoms with Crippen molar-refractivity contribution in [2.45, 2.75) is 13.8 Å². The Balaban J connectivity index is 2.12. The largest absolute Gasteiger partial charge is 0.482 e. The predicted molar refractivity (Wildman–Crippen MR) is 105 cm³/mol. The molecule has 0 aliphatic rings. The predicted octanol–water partition coefficient (Wildman–Crippen LogP) is 5.08. The molecule has 0 aliphatic heterocycles.